The van der Waals surface area contributed by atoms with Crippen LogP contribution in [0.3, 0.4) is 0 Å². The molecule has 36 heavy (non-hydrogen) atoms. The highest BCUT2D eigenvalue weighted by atomic mass is 16.5. The van der Waals surface area contributed by atoms with Crippen LogP contribution in [0.25, 0.3) is 5.82 Å². The largest absolute Gasteiger partial charge is 0.472 e. The van der Waals surface area contributed by atoms with Gasteiger partial charge in [-0.1, -0.05) is 47.6 Å². The molecule has 3 aromatic rings. The van der Waals surface area contributed by atoms with Gasteiger partial charge in [-0.25, -0.2) is 0 Å². The fraction of sp³-hybridized carbons (Fsp3) is 0.483. The molecule has 7 nitrogen and oxygen atoms in total. The van der Waals surface area contributed by atoms with E-state index in [0.717, 1.165) is 34.8 Å². The van der Waals surface area contributed by atoms with E-state index in [1.54, 1.807) is 6.20 Å². The number of rotatable bonds is 6. The number of pyridine rings is 2. The Morgan fingerprint density at radius 3 is 2.56 bits per heavy atom. The Labute approximate surface area is 214 Å². The molecule has 0 saturated carbocycles. The lowest BCUT2D eigenvalue weighted by Gasteiger charge is -2.25. The maximum absolute atomic E-state index is 13.2. The van der Waals surface area contributed by atoms with Gasteiger partial charge in [0.05, 0.1) is 13.0 Å². The van der Waals surface area contributed by atoms with Crippen LogP contribution in [0.15, 0.2) is 48.8 Å². The molecule has 2 N–H and O–H groups in total. The molecule has 4 rings (SSSR count). The third-order valence-corrected chi connectivity index (χ3v) is 6.66. The predicted molar refractivity (Wildman–Crippen MR) is 142 cm³/mol. The molecule has 1 amide bonds. The van der Waals surface area contributed by atoms with Crippen LogP contribution in [0.1, 0.15) is 70.5 Å². The second kappa shape index (κ2) is 10.1. The summed E-state index contributed by atoms with van der Waals surface area (Å²) < 4.78 is 8.48. The van der Waals surface area contributed by atoms with Gasteiger partial charge in [0, 0.05) is 54.3 Å². The average molecular weight is 490 g/mol. The molecule has 0 aromatic carbocycles. The smallest absolute Gasteiger partial charge is 0.227 e. The van der Waals surface area contributed by atoms with Crippen molar-refractivity contribution in [2.75, 3.05) is 13.1 Å². The van der Waals surface area contributed by atoms with Crippen LogP contribution in [0.2, 0.25) is 0 Å². The molecule has 0 spiro atoms. The summed E-state index contributed by atoms with van der Waals surface area (Å²) in [5.41, 5.74) is 9.66. The molecule has 1 saturated heterocycles. The van der Waals surface area contributed by atoms with Crippen molar-refractivity contribution in [3.63, 3.8) is 0 Å². The minimum atomic E-state index is -0.133. The van der Waals surface area contributed by atoms with E-state index >= 15 is 0 Å². The Morgan fingerprint density at radius 2 is 1.86 bits per heavy atom. The number of carbonyl (C=O) groups is 1. The topological polar surface area (TPSA) is 86.3 Å². The van der Waals surface area contributed by atoms with E-state index in [1.165, 1.54) is 0 Å². The van der Waals surface area contributed by atoms with E-state index in [-0.39, 0.29) is 22.8 Å². The summed E-state index contributed by atoms with van der Waals surface area (Å²) in [4.78, 5) is 24.6. The van der Waals surface area contributed by atoms with Gasteiger partial charge >= 0.3 is 0 Å². The summed E-state index contributed by atoms with van der Waals surface area (Å²) in [6, 6.07) is 12.0. The van der Waals surface area contributed by atoms with Gasteiger partial charge in [0.2, 0.25) is 11.8 Å². The standard InChI is InChI=1S/C29H39N5O2/c1-28(2,3)23-11-12-24(34-15-8-10-21(34)18-30)32-27(23)36-22-13-16-33(19-22)25(35)17-20-9-7-14-31-26(20)29(4,5)6/h7-12,14-15,22H,13,16-19,30H2,1-6H3. The van der Waals surface area contributed by atoms with Crippen molar-refractivity contribution in [1.82, 2.24) is 19.4 Å². The van der Waals surface area contributed by atoms with Crippen LogP contribution < -0.4 is 10.5 Å². The van der Waals surface area contributed by atoms with Crippen molar-refractivity contribution in [3.8, 4) is 11.7 Å². The first-order valence-corrected chi connectivity index (χ1v) is 12.7. The van der Waals surface area contributed by atoms with E-state index in [1.807, 2.05) is 46.0 Å². The molecule has 192 valence electrons. The zero-order valence-corrected chi connectivity index (χ0v) is 22.4. The Bertz CT molecular complexity index is 1220. The van der Waals surface area contributed by atoms with Crippen molar-refractivity contribution in [1.29, 1.82) is 0 Å². The summed E-state index contributed by atoms with van der Waals surface area (Å²) in [7, 11) is 0. The molecule has 1 fully saturated rings. The molecular formula is C29H39N5O2. The second-order valence-electron chi connectivity index (χ2n) is 11.7. The number of nitrogens with two attached hydrogens (primary N) is 1. The van der Waals surface area contributed by atoms with Gasteiger partial charge in [-0.15, -0.1) is 0 Å². The van der Waals surface area contributed by atoms with Crippen LogP contribution in [-0.4, -0.2) is 44.5 Å². The van der Waals surface area contributed by atoms with Crippen LogP contribution in [0, 0.1) is 0 Å². The van der Waals surface area contributed by atoms with Crippen LogP contribution in [0.4, 0.5) is 0 Å². The van der Waals surface area contributed by atoms with Gasteiger partial charge in [0.1, 0.15) is 11.9 Å². The summed E-state index contributed by atoms with van der Waals surface area (Å²) in [6.07, 6.45) is 4.78. The fourth-order valence-corrected chi connectivity index (χ4v) is 4.77. The van der Waals surface area contributed by atoms with Crippen LogP contribution in [-0.2, 0) is 28.6 Å². The first kappa shape index (κ1) is 25.9. The van der Waals surface area contributed by atoms with Crippen molar-refractivity contribution in [3.05, 3.63) is 71.3 Å². The van der Waals surface area contributed by atoms with E-state index in [9.17, 15) is 4.79 Å². The van der Waals surface area contributed by atoms with Gasteiger partial charge in [0.15, 0.2) is 0 Å². The van der Waals surface area contributed by atoms with Crippen molar-refractivity contribution >= 4 is 5.91 Å². The Balaban J connectivity index is 1.51. The first-order chi connectivity index (χ1) is 17.0. The molecule has 1 unspecified atom stereocenters. The molecule has 3 aromatic heterocycles. The fourth-order valence-electron chi connectivity index (χ4n) is 4.77. The van der Waals surface area contributed by atoms with Gasteiger partial charge in [-0.05, 0) is 41.3 Å². The Hall–Kier alpha value is -3.19. The van der Waals surface area contributed by atoms with Gasteiger partial charge < -0.3 is 19.9 Å². The van der Waals surface area contributed by atoms with Gasteiger partial charge in [-0.2, -0.15) is 4.98 Å². The number of nitrogens with zero attached hydrogens (tertiary/aromatic N) is 4. The van der Waals surface area contributed by atoms with Crippen molar-refractivity contribution in [2.45, 2.75) is 77.9 Å². The lowest BCUT2D eigenvalue weighted by molar-refractivity contribution is -0.129. The van der Waals surface area contributed by atoms with E-state index in [2.05, 4.69) is 52.6 Å². The molecule has 0 bridgehead atoms. The summed E-state index contributed by atoms with van der Waals surface area (Å²) in [5.74, 6) is 1.51. The molecule has 1 aliphatic heterocycles. The number of carbonyl (C=O) groups excluding carboxylic acids is 1. The highest BCUT2D eigenvalue weighted by Gasteiger charge is 2.31. The second-order valence-corrected chi connectivity index (χ2v) is 11.7. The summed E-state index contributed by atoms with van der Waals surface area (Å²) in [6.45, 7) is 14.5. The summed E-state index contributed by atoms with van der Waals surface area (Å²) in [5, 5.41) is 0. The van der Waals surface area contributed by atoms with Gasteiger partial charge in [-0.3, -0.25) is 9.78 Å². The Kier molecular flexibility index (Phi) is 7.23. The normalized spacial score (nSPS) is 16.4. The van der Waals surface area contributed by atoms with Crippen LogP contribution >= 0.6 is 0 Å². The first-order valence-electron chi connectivity index (χ1n) is 12.7. The number of hydrogen-bond donors (Lipinski definition) is 1. The zero-order chi connectivity index (χ0) is 26.1. The number of hydrogen-bond acceptors (Lipinski definition) is 5. The van der Waals surface area contributed by atoms with Crippen LogP contribution in [0.5, 0.6) is 5.88 Å². The third kappa shape index (κ3) is 5.62. The molecule has 0 radical (unpaired) electrons. The number of likely N-dealkylation sites (tertiary alicyclic amines) is 1. The number of ether oxygens (including phenoxy) is 1. The molecule has 0 aliphatic carbocycles. The van der Waals surface area contributed by atoms with Gasteiger partial charge in [0.25, 0.3) is 0 Å². The van der Waals surface area contributed by atoms with E-state index < -0.39 is 0 Å². The quantitative estimate of drug-likeness (QED) is 0.549. The monoisotopic (exact) mass is 489 g/mol. The highest BCUT2D eigenvalue weighted by Crippen LogP contribution is 2.33. The molecule has 1 aliphatic rings. The van der Waals surface area contributed by atoms with E-state index in [0.29, 0.717) is 31.9 Å². The number of amides is 1. The third-order valence-electron chi connectivity index (χ3n) is 6.66. The lowest BCUT2D eigenvalue weighted by Crippen LogP contribution is -2.33. The van der Waals surface area contributed by atoms with E-state index in [4.69, 9.17) is 15.5 Å². The zero-order valence-electron chi connectivity index (χ0n) is 22.4. The maximum Gasteiger partial charge on any atom is 0.227 e. The molecule has 4 heterocycles. The van der Waals surface area contributed by atoms with Crippen molar-refractivity contribution in [2.24, 2.45) is 5.73 Å². The average Bonchev–Trinajstić information content (AvgIpc) is 3.47. The summed E-state index contributed by atoms with van der Waals surface area (Å²) >= 11 is 0. The predicted octanol–water partition coefficient (Wildman–Crippen LogP) is 4.54. The minimum Gasteiger partial charge on any atom is -0.472 e. The number of aromatic nitrogens is 3. The molecule has 1 atom stereocenters. The Morgan fingerprint density at radius 1 is 1.08 bits per heavy atom. The lowest BCUT2D eigenvalue weighted by atomic mass is 9.87. The maximum atomic E-state index is 13.2. The highest BCUT2D eigenvalue weighted by molar-refractivity contribution is 5.79. The molecule has 7 heteroatoms. The van der Waals surface area contributed by atoms with Crippen molar-refractivity contribution < 1.29 is 9.53 Å². The minimum absolute atomic E-state index is 0.104. The SMILES string of the molecule is CC(C)(C)c1ccc(-n2cccc2CN)nc1OC1CCN(C(=O)Cc2cccnc2C(C)(C)C)C1. The molecular weight excluding hydrogens is 450 g/mol.